The van der Waals surface area contributed by atoms with E-state index in [2.05, 4.69) is 63.5 Å². The Kier molecular flexibility index (Phi) is 9.24. The number of nitrogens with zero attached hydrogens (tertiary/aromatic N) is 2. The van der Waals surface area contributed by atoms with Gasteiger partial charge in [0, 0.05) is 47.4 Å². The summed E-state index contributed by atoms with van der Waals surface area (Å²) in [6.45, 7) is 25.7. The second kappa shape index (κ2) is 12.4. The van der Waals surface area contributed by atoms with E-state index in [4.69, 9.17) is 5.73 Å². The number of likely N-dealkylation sites (N-methyl/N-ethyl adjacent to an activating group) is 1. The second-order valence-electron chi connectivity index (χ2n) is 12.3. The van der Waals surface area contributed by atoms with E-state index in [0.717, 1.165) is 40.8 Å². The fourth-order valence-electron chi connectivity index (χ4n) is 7.32. The smallest absolute Gasteiger partial charge is 0.119 e. The Balaban J connectivity index is 1.72. The van der Waals surface area contributed by atoms with Gasteiger partial charge >= 0.3 is 0 Å². The maximum Gasteiger partial charge on any atom is 0.119 e. The fraction of sp³-hybridized carbons (Fsp3) is 0.378. The third-order valence-electron chi connectivity index (χ3n) is 9.89. The van der Waals surface area contributed by atoms with Gasteiger partial charge in [-0.3, -0.25) is 9.88 Å². The van der Waals surface area contributed by atoms with Crippen molar-refractivity contribution in [3.8, 4) is 0 Å². The van der Waals surface area contributed by atoms with Crippen LogP contribution in [0.15, 0.2) is 90.7 Å². The summed E-state index contributed by atoms with van der Waals surface area (Å²) in [5.41, 5.74) is 15.8. The van der Waals surface area contributed by atoms with Gasteiger partial charge in [0.25, 0.3) is 0 Å². The van der Waals surface area contributed by atoms with Crippen LogP contribution in [-0.4, -0.2) is 45.8 Å². The van der Waals surface area contributed by atoms with Crippen LogP contribution >= 0.6 is 0 Å². The standard InChI is InChI=1S/C37H48N4O2/c1-11-27-16-30(20-40-26(8)28-14-13-15-39-19-28)22(4)31(12-2)32(27)17-29-18-33-35(41(9)10)36(42)34(25(7)38)24(6)37(33,43)23(5)21(29)3/h12-16,19,29,33,35,40,42-43H,2,6-8,11,17-18,20,38H2,1,3-5,9-10H3/t29-,33-,35?,37-/m0/s1. The first-order valence-electron chi connectivity index (χ1n) is 15.0. The van der Waals surface area contributed by atoms with Crippen LogP contribution < -0.4 is 11.1 Å². The monoisotopic (exact) mass is 580 g/mol. The van der Waals surface area contributed by atoms with Gasteiger partial charge in [-0.05, 0) is 111 Å². The zero-order chi connectivity index (χ0) is 31.8. The van der Waals surface area contributed by atoms with Crippen molar-refractivity contribution >= 4 is 11.8 Å². The van der Waals surface area contributed by atoms with E-state index < -0.39 is 11.6 Å². The predicted molar refractivity (Wildman–Crippen MR) is 179 cm³/mol. The molecule has 6 nitrogen and oxygen atoms in total. The quantitative estimate of drug-likeness (QED) is 0.244. The lowest BCUT2D eigenvalue weighted by Gasteiger charge is -2.53. The van der Waals surface area contributed by atoms with Crippen LogP contribution in [0.2, 0.25) is 0 Å². The minimum Gasteiger partial charge on any atom is -0.510 e. The Hall–Kier alpha value is -3.87. The fourth-order valence-corrected chi connectivity index (χ4v) is 7.32. The molecule has 0 saturated heterocycles. The van der Waals surface area contributed by atoms with Crippen LogP contribution in [0.25, 0.3) is 11.8 Å². The number of hydrogen-bond donors (Lipinski definition) is 4. The predicted octanol–water partition coefficient (Wildman–Crippen LogP) is 6.39. The van der Waals surface area contributed by atoms with E-state index in [0.29, 0.717) is 24.1 Å². The van der Waals surface area contributed by atoms with Crippen molar-refractivity contribution in [2.45, 2.75) is 65.1 Å². The van der Waals surface area contributed by atoms with Gasteiger partial charge in [-0.25, -0.2) is 0 Å². The highest BCUT2D eigenvalue weighted by Crippen LogP contribution is 2.54. The van der Waals surface area contributed by atoms with Crippen molar-refractivity contribution in [2.24, 2.45) is 17.6 Å². The van der Waals surface area contributed by atoms with Gasteiger partial charge in [0.1, 0.15) is 11.4 Å². The molecule has 2 aliphatic carbocycles. The summed E-state index contributed by atoms with van der Waals surface area (Å²) in [6, 6.07) is 5.79. The van der Waals surface area contributed by atoms with Gasteiger partial charge in [-0.2, -0.15) is 0 Å². The summed E-state index contributed by atoms with van der Waals surface area (Å²) < 4.78 is 0. The summed E-state index contributed by atoms with van der Waals surface area (Å²) in [4.78, 5) is 6.17. The lowest BCUT2D eigenvalue weighted by atomic mass is 9.57. The third kappa shape index (κ3) is 5.50. The van der Waals surface area contributed by atoms with E-state index in [9.17, 15) is 10.2 Å². The van der Waals surface area contributed by atoms with Crippen LogP contribution in [0, 0.1) is 18.8 Å². The number of hydrogen-bond acceptors (Lipinski definition) is 6. The number of benzene rings is 1. The topological polar surface area (TPSA) is 94.6 Å². The average Bonchev–Trinajstić information content (AvgIpc) is 2.97. The van der Waals surface area contributed by atoms with Gasteiger partial charge < -0.3 is 21.3 Å². The van der Waals surface area contributed by atoms with E-state index in [1.807, 2.05) is 50.3 Å². The molecule has 228 valence electrons. The Morgan fingerprint density at radius 2 is 1.93 bits per heavy atom. The summed E-state index contributed by atoms with van der Waals surface area (Å²) in [5.74, 6) is -0.00863. The zero-order valence-corrected chi connectivity index (χ0v) is 26.7. The minimum absolute atomic E-state index is 0.130. The number of aryl methyl sites for hydroxylation is 1. The lowest BCUT2D eigenvalue weighted by molar-refractivity contribution is -0.0185. The summed E-state index contributed by atoms with van der Waals surface area (Å²) >= 11 is 0. The number of nitrogens with one attached hydrogen (secondary N) is 1. The van der Waals surface area contributed by atoms with Crippen molar-refractivity contribution in [2.75, 3.05) is 14.1 Å². The average molecular weight is 581 g/mol. The first kappa shape index (κ1) is 32.1. The maximum absolute atomic E-state index is 12.3. The van der Waals surface area contributed by atoms with E-state index in [-0.39, 0.29) is 23.3 Å². The minimum atomic E-state index is -1.32. The van der Waals surface area contributed by atoms with Crippen LogP contribution in [-0.2, 0) is 19.4 Å². The molecule has 5 N–H and O–H groups in total. The number of aliphatic hydroxyl groups excluding tert-OH is 1. The van der Waals surface area contributed by atoms with Crippen LogP contribution in [0.3, 0.4) is 0 Å². The van der Waals surface area contributed by atoms with E-state index in [1.165, 1.54) is 22.3 Å². The molecule has 1 heterocycles. The first-order valence-corrected chi connectivity index (χ1v) is 15.0. The lowest BCUT2D eigenvalue weighted by Crippen LogP contribution is -2.58. The molecule has 2 aliphatic rings. The van der Waals surface area contributed by atoms with Crippen molar-refractivity contribution < 1.29 is 10.2 Å². The number of nitrogens with two attached hydrogens (primary N) is 1. The molecule has 6 heteroatoms. The Morgan fingerprint density at radius 3 is 2.49 bits per heavy atom. The molecule has 0 bridgehead atoms. The van der Waals surface area contributed by atoms with Crippen LogP contribution in [0.1, 0.15) is 60.6 Å². The number of aromatic nitrogens is 1. The van der Waals surface area contributed by atoms with Crippen molar-refractivity contribution in [1.29, 1.82) is 0 Å². The van der Waals surface area contributed by atoms with Crippen LogP contribution in [0.5, 0.6) is 0 Å². The molecule has 0 spiro atoms. The SMILES string of the molecule is C=Cc1c(C)c(CNC(=C)c2cccnc2)cc(CC)c1C[C@H]1C[C@H]2C(N(C)C)C(O)=C(C(=C)N)C(=C)[C@@]2(O)C(C)=C1C. The summed E-state index contributed by atoms with van der Waals surface area (Å²) in [6.07, 6.45) is 7.93. The molecule has 0 fully saturated rings. The normalized spacial score (nSPS) is 23.8. The van der Waals surface area contributed by atoms with Gasteiger partial charge in [-0.15, -0.1) is 0 Å². The van der Waals surface area contributed by atoms with Crippen LogP contribution in [0.4, 0.5) is 0 Å². The molecular weight excluding hydrogens is 532 g/mol. The number of pyridine rings is 1. The van der Waals surface area contributed by atoms with Crippen molar-refractivity contribution in [3.63, 3.8) is 0 Å². The summed E-state index contributed by atoms with van der Waals surface area (Å²) in [5, 5.41) is 27.2. The molecule has 4 atom stereocenters. The first-order chi connectivity index (χ1) is 20.3. The van der Waals surface area contributed by atoms with Crippen molar-refractivity contribution in [3.05, 3.63) is 124 Å². The Morgan fingerprint density at radius 1 is 1.23 bits per heavy atom. The van der Waals surface area contributed by atoms with E-state index >= 15 is 0 Å². The highest BCUT2D eigenvalue weighted by atomic mass is 16.3. The Bertz CT molecular complexity index is 1530. The largest absolute Gasteiger partial charge is 0.510 e. The van der Waals surface area contributed by atoms with E-state index in [1.54, 1.807) is 6.20 Å². The number of aliphatic hydroxyl groups is 2. The molecule has 0 aliphatic heterocycles. The molecule has 4 rings (SSSR count). The molecule has 1 aromatic heterocycles. The zero-order valence-electron chi connectivity index (χ0n) is 26.7. The highest BCUT2D eigenvalue weighted by molar-refractivity contribution is 5.64. The molecule has 0 saturated carbocycles. The molecule has 43 heavy (non-hydrogen) atoms. The number of allylic oxidation sites excluding steroid dienone is 2. The molecule has 1 aromatic carbocycles. The van der Waals surface area contributed by atoms with Gasteiger partial charge in [0.2, 0.25) is 0 Å². The van der Waals surface area contributed by atoms with Gasteiger partial charge in [0.05, 0.1) is 6.04 Å². The molecule has 0 radical (unpaired) electrons. The summed E-state index contributed by atoms with van der Waals surface area (Å²) in [7, 11) is 3.85. The molecule has 0 amide bonds. The number of fused-ring (bicyclic) bond motifs is 1. The molecule has 2 aromatic rings. The second-order valence-corrected chi connectivity index (χ2v) is 12.3. The maximum atomic E-state index is 12.3. The Labute approximate surface area is 257 Å². The number of rotatable bonds is 10. The van der Waals surface area contributed by atoms with Crippen molar-refractivity contribution in [1.82, 2.24) is 15.2 Å². The molecular formula is C37H48N4O2. The molecule has 1 unspecified atom stereocenters. The van der Waals surface area contributed by atoms with Gasteiger partial charge in [0.15, 0.2) is 0 Å². The van der Waals surface area contributed by atoms with Gasteiger partial charge in [-0.1, -0.05) is 51.0 Å². The highest BCUT2D eigenvalue weighted by Gasteiger charge is 2.55. The third-order valence-corrected chi connectivity index (χ3v) is 9.89.